The number of likely N-dealkylation sites (N-methyl/N-ethyl adjacent to an activating group) is 3. The molecule has 30 heavy (non-hydrogen) atoms. The Morgan fingerprint density at radius 2 is 2.10 bits per heavy atom. The summed E-state index contributed by atoms with van der Waals surface area (Å²) in [5.74, 6) is 2.41. The quantitative estimate of drug-likeness (QED) is 0.751. The molecular formula is C24H34N6. The van der Waals surface area contributed by atoms with Crippen molar-refractivity contribution in [3.05, 3.63) is 53.6 Å². The Bertz CT molecular complexity index is 874. The summed E-state index contributed by atoms with van der Waals surface area (Å²) in [5.41, 5.74) is 2.70. The molecule has 1 aromatic heterocycles. The van der Waals surface area contributed by atoms with Crippen molar-refractivity contribution in [1.29, 1.82) is 0 Å². The van der Waals surface area contributed by atoms with Crippen LogP contribution in [0.4, 0.5) is 0 Å². The number of aromatic nitrogens is 1. The molecular weight excluding hydrogens is 372 g/mol. The number of rotatable bonds is 5. The summed E-state index contributed by atoms with van der Waals surface area (Å²) in [6, 6.07) is 5.61. The number of fused-ring (bicyclic) bond motifs is 2. The van der Waals surface area contributed by atoms with Gasteiger partial charge in [-0.15, -0.1) is 0 Å². The number of aliphatic imine (C=N–C) groups is 1. The van der Waals surface area contributed by atoms with E-state index < -0.39 is 0 Å². The summed E-state index contributed by atoms with van der Waals surface area (Å²) < 4.78 is 0. The smallest absolute Gasteiger partial charge is 0.129 e. The van der Waals surface area contributed by atoms with Crippen molar-refractivity contribution in [2.75, 3.05) is 47.3 Å². The number of amidine groups is 1. The van der Waals surface area contributed by atoms with E-state index in [1.807, 2.05) is 6.20 Å². The molecule has 3 atom stereocenters. The largest absolute Gasteiger partial charge is 0.357 e. The van der Waals surface area contributed by atoms with E-state index in [2.05, 4.69) is 71.1 Å². The highest BCUT2D eigenvalue weighted by Gasteiger charge is 2.34. The number of pyridine rings is 1. The van der Waals surface area contributed by atoms with Crippen LogP contribution in [0.2, 0.25) is 0 Å². The molecule has 1 aliphatic carbocycles. The molecule has 2 unspecified atom stereocenters. The molecule has 1 aromatic rings. The number of nitrogens with zero attached hydrogens (tertiary/aromatic N) is 6. The normalized spacial score (nSPS) is 28.4. The van der Waals surface area contributed by atoms with Gasteiger partial charge in [-0.25, -0.2) is 0 Å². The molecule has 0 amide bonds. The van der Waals surface area contributed by atoms with Crippen LogP contribution in [0.1, 0.15) is 36.6 Å². The van der Waals surface area contributed by atoms with Crippen molar-refractivity contribution in [2.45, 2.75) is 43.8 Å². The molecule has 1 fully saturated rings. The first-order chi connectivity index (χ1) is 14.6. The molecule has 4 aliphatic rings. The van der Waals surface area contributed by atoms with Crippen LogP contribution in [0.5, 0.6) is 0 Å². The van der Waals surface area contributed by atoms with Crippen molar-refractivity contribution in [1.82, 2.24) is 24.6 Å². The van der Waals surface area contributed by atoms with Gasteiger partial charge in [0.1, 0.15) is 11.7 Å². The van der Waals surface area contributed by atoms with Gasteiger partial charge in [0.15, 0.2) is 0 Å². The fraction of sp³-hybridized carbons (Fsp3) is 0.583. The zero-order valence-corrected chi connectivity index (χ0v) is 18.5. The number of hydrogen-bond acceptors (Lipinski definition) is 6. The Morgan fingerprint density at radius 3 is 2.93 bits per heavy atom. The summed E-state index contributed by atoms with van der Waals surface area (Å²) in [7, 11) is 6.71. The van der Waals surface area contributed by atoms with Crippen LogP contribution in [-0.2, 0) is 6.42 Å². The van der Waals surface area contributed by atoms with Gasteiger partial charge in [0.05, 0.1) is 17.8 Å². The molecule has 0 radical (unpaired) electrons. The van der Waals surface area contributed by atoms with Gasteiger partial charge in [-0.2, -0.15) is 0 Å². The lowest BCUT2D eigenvalue weighted by molar-refractivity contribution is 0.196. The van der Waals surface area contributed by atoms with Gasteiger partial charge in [0, 0.05) is 38.9 Å². The zero-order chi connectivity index (χ0) is 20.7. The zero-order valence-electron chi connectivity index (χ0n) is 18.5. The first-order valence-corrected chi connectivity index (χ1v) is 11.4. The van der Waals surface area contributed by atoms with Crippen molar-refractivity contribution < 1.29 is 0 Å². The lowest BCUT2D eigenvalue weighted by atomic mass is 9.91. The van der Waals surface area contributed by atoms with Crippen LogP contribution in [0.25, 0.3) is 0 Å². The van der Waals surface area contributed by atoms with E-state index in [9.17, 15) is 0 Å². The van der Waals surface area contributed by atoms with Crippen LogP contribution in [0.3, 0.4) is 0 Å². The summed E-state index contributed by atoms with van der Waals surface area (Å²) in [5, 5.41) is 0. The first-order valence-electron chi connectivity index (χ1n) is 11.4. The summed E-state index contributed by atoms with van der Waals surface area (Å²) in [6.07, 6.45) is 13.3. The van der Waals surface area contributed by atoms with Crippen LogP contribution in [-0.4, -0.2) is 89.8 Å². The van der Waals surface area contributed by atoms with Crippen LogP contribution in [0, 0.1) is 0 Å². The van der Waals surface area contributed by atoms with Crippen molar-refractivity contribution in [3.8, 4) is 0 Å². The fourth-order valence-electron chi connectivity index (χ4n) is 5.55. The second kappa shape index (κ2) is 8.16. The Hall–Kier alpha value is -2.18. The number of allylic oxidation sites excluding steroid dienone is 2. The minimum absolute atomic E-state index is 0.296. The molecule has 1 saturated heterocycles. The monoisotopic (exact) mass is 406 g/mol. The van der Waals surface area contributed by atoms with Crippen LogP contribution in [0.15, 0.2) is 47.4 Å². The maximum absolute atomic E-state index is 5.09. The third-order valence-electron chi connectivity index (χ3n) is 7.22. The minimum atomic E-state index is 0.296. The standard InChI is InChI=1S/C24H34N6/c1-27-14-12-20(17-27)29(3)23-11-5-10-22-26-19(16-30(22)23)15-28(2)21-9-4-7-18-8-6-13-25-24(18)21/h5-6,8,10-11,13,19-21H,4,7,9,12,14-17H2,1-3H3/t19?,20?,21-/m0/s1. The molecule has 0 N–H and O–H groups in total. The summed E-state index contributed by atoms with van der Waals surface area (Å²) >= 11 is 0. The van der Waals surface area contributed by atoms with E-state index >= 15 is 0 Å². The Kier molecular flexibility index (Phi) is 5.37. The third-order valence-corrected chi connectivity index (χ3v) is 7.22. The fourth-order valence-corrected chi connectivity index (χ4v) is 5.55. The molecule has 0 saturated carbocycles. The van der Waals surface area contributed by atoms with Gasteiger partial charge < -0.3 is 14.7 Å². The third kappa shape index (κ3) is 3.67. The van der Waals surface area contributed by atoms with Crippen molar-refractivity contribution >= 4 is 5.84 Å². The van der Waals surface area contributed by atoms with E-state index in [-0.39, 0.29) is 0 Å². The SMILES string of the molecule is CN1CCC(N(C)C2=CC=CC3=NC(CN(C)[C@H]4CCCc5cccnc54)CN23)C1. The van der Waals surface area contributed by atoms with E-state index in [1.54, 1.807) is 0 Å². The molecule has 6 nitrogen and oxygen atoms in total. The number of hydrogen-bond donors (Lipinski definition) is 0. The molecule has 4 heterocycles. The Labute approximate surface area is 180 Å². The minimum Gasteiger partial charge on any atom is -0.357 e. The highest BCUT2D eigenvalue weighted by molar-refractivity contribution is 5.96. The van der Waals surface area contributed by atoms with Crippen LogP contribution < -0.4 is 0 Å². The topological polar surface area (TPSA) is 38.2 Å². The van der Waals surface area contributed by atoms with Gasteiger partial charge in [0.2, 0.25) is 0 Å². The van der Waals surface area contributed by atoms with Gasteiger partial charge in [-0.05, 0) is 70.1 Å². The predicted octanol–water partition coefficient (Wildman–Crippen LogP) is 2.52. The highest BCUT2D eigenvalue weighted by atomic mass is 15.4. The first kappa shape index (κ1) is 19.8. The van der Waals surface area contributed by atoms with Crippen LogP contribution >= 0.6 is 0 Å². The Morgan fingerprint density at radius 1 is 1.20 bits per heavy atom. The molecule has 3 aliphatic heterocycles. The van der Waals surface area contributed by atoms with Gasteiger partial charge in [0.25, 0.3) is 0 Å². The van der Waals surface area contributed by atoms with E-state index in [0.29, 0.717) is 18.1 Å². The molecule has 0 aromatic carbocycles. The number of likely N-dealkylation sites (tertiary alicyclic amines) is 1. The predicted molar refractivity (Wildman–Crippen MR) is 121 cm³/mol. The summed E-state index contributed by atoms with van der Waals surface area (Å²) in [6.45, 7) is 4.25. The second-order valence-corrected chi connectivity index (χ2v) is 9.35. The van der Waals surface area contributed by atoms with E-state index in [4.69, 9.17) is 9.98 Å². The highest BCUT2D eigenvalue weighted by Crippen LogP contribution is 2.33. The maximum atomic E-state index is 5.09. The average molecular weight is 407 g/mol. The molecule has 5 rings (SSSR count). The lowest BCUT2D eigenvalue weighted by Crippen LogP contribution is -2.43. The van der Waals surface area contributed by atoms with Crippen molar-refractivity contribution in [2.24, 2.45) is 4.99 Å². The van der Waals surface area contributed by atoms with Gasteiger partial charge in [-0.3, -0.25) is 14.9 Å². The molecule has 160 valence electrons. The maximum Gasteiger partial charge on any atom is 0.129 e. The van der Waals surface area contributed by atoms with Gasteiger partial charge >= 0.3 is 0 Å². The molecule has 6 heteroatoms. The second-order valence-electron chi connectivity index (χ2n) is 9.35. The van der Waals surface area contributed by atoms with E-state index in [1.165, 1.54) is 42.9 Å². The Balaban J connectivity index is 1.26. The van der Waals surface area contributed by atoms with Crippen molar-refractivity contribution in [3.63, 3.8) is 0 Å². The average Bonchev–Trinajstić information content (AvgIpc) is 3.38. The lowest BCUT2D eigenvalue weighted by Gasteiger charge is -2.36. The number of aryl methyl sites for hydroxylation is 1. The van der Waals surface area contributed by atoms with Gasteiger partial charge in [-0.1, -0.05) is 12.1 Å². The molecule has 0 spiro atoms. The summed E-state index contributed by atoms with van der Waals surface area (Å²) in [4.78, 5) is 19.6. The molecule has 0 bridgehead atoms. The van der Waals surface area contributed by atoms with E-state index in [0.717, 1.165) is 31.9 Å².